The number of thioether (sulfide) groups is 1. The summed E-state index contributed by atoms with van der Waals surface area (Å²) in [5.41, 5.74) is 0.0622. The molecule has 23 heavy (non-hydrogen) atoms. The molecule has 0 unspecified atom stereocenters. The highest BCUT2D eigenvalue weighted by molar-refractivity contribution is 7.98. The highest BCUT2D eigenvalue weighted by Gasteiger charge is 2.26. The lowest BCUT2D eigenvalue weighted by atomic mass is 10.2. The molecule has 8 heteroatoms. The van der Waals surface area contributed by atoms with E-state index in [1.165, 1.54) is 0 Å². The normalized spacial score (nSPS) is 11.5. The number of hydrogen-bond donors (Lipinski definition) is 0. The minimum Gasteiger partial charge on any atom is -0.423 e. The quantitative estimate of drug-likeness (QED) is 0.464. The second kappa shape index (κ2) is 7.10. The maximum atomic E-state index is 12.4. The van der Waals surface area contributed by atoms with Gasteiger partial charge in [-0.3, -0.25) is 0 Å². The molecule has 0 saturated carbocycles. The molecule has 0 amide bonds. The van der Waals surface area contributed by atoms with Crippen molar-refractivity contribution < 1.29 is 26.7 Å². The molecule has 0 radical (unpaired) electrons. The minimum absolute atomic E-state index is 0.0622. The lowest BCUT2D eigenvalue weighted by molar-refractivity contribution is 0.0734. The lowest BCUT2D eigenvalue weighted by Gasteiger charge is -2.06. The van der Waals surface area contributed by atoms with Crippen molar-refractivity contribution in [3.8, 4) is 5.75 Å². The zero-order chi connectivity index (χ0) is 17.0. The summed E-state index contributed by atoms with van der Waals surface area (Å²) in [6.07, 6.45) is 1.91. The molecule has 4 nitrogen and oxygen atoms in total. The average Bonchev–Trinajstić information content (AvgIpc) is 2.55. The van der Waals surface area contributed by atoms with E-state index in [2.05, 4.69) is 0 Å². The van der Waals surface area contributed by atoms with E-state index in [4.69, 9.17) is 4.74 Å². The van der Waals surface area contributed by atoms with Crippen molar-refractivity contribution in [2.45, 2.75) is 15.5 Å². The van der Waals surface area contributed by atoms with Crippen LogP contribution in [0.4, 0.5) is 8.78 Å². The molecule has 0 spiro atoms. The number of hydrogen-bond acceptors (Lipinski definition) is 5. The summed E-state index contributed by atoms with van der Waals surface area (Å²) in [5, 5.41) is 0. The summed E-state index contributed by atoms with van der Waals surface area (Å²) in [6.45, 7) is 0. The Morgan fingerprint density at radius 2 is 1.61 bits per heavy atom. The Labute approximate surface area is 136 Å². The first kappa shape index (κ1) is 17.4. The predicted octanol–water partition coefficient (Wildman–Crippen LogP) is 3.62. The number of alkyl halides is 2. The van der Waals surface area contributed by atoms with Crippen LogP contribution in [0.2, 0.25) is 0 Å². The molecule has 0 aliphatic heterocycles. The molecule has 0 atom stereocenters. The topological polar surface area (TPSA) is 60.4 Å². The zero-order valence-corrected chi connectivity index (χ0v) is 13.5. The van der Waals surface area contributed by atoms with Crippen LogP contribution in [0.25, 0.3) is 0 Å². The average molecular weight is 358 g/mol. The van der Waals surface area contributed by atoms with Crippen molar-refractivity contribution in [2.75, 3.05) is 6.26 Å². The second-order valence-electron chi connectivity index (χ2n) is 4.40. The molecule has 0 fully saturated rings. The fraction of sp³-hybridized carbons (Fsp3) is 0.133. The zero-order valence-electron chi connectivity index (χ0n) is 11.9. The Bertz CT molecular complexity index is 785. The second-order valence-corrected chi connectivity index (χ2v) is 7.19. The van der Waals surface area contributed by atoms with Gasteiger partial charge in [-0.1, -0.05) is 0 Å². The fourth-order valence-electron chi connectivity index (χ4n) is 1.69. The van der Waals surface area contributed by atoms with Gasteiger partial charge in [0.05, 0.1) is 10.5 Å². The van der Waals surface area contributed by atoms with E-state index in [1.54, 1.807) is 36.0 Å². The summed E-state index contributed by atoms with van der Waals surface area (Å²) in [7, 11) is -4.67. The van der Waals surface area contributed by atoms with Gasteiger partial charge in [0.25, 0.3) is 0 Å². The SMILES string of the molecule is CSc1ccc(OC(=O)c2ccc(S(=O)(=O)C(F)F)cc2)cc1. The molecule has 0 heterocycles. The van der Waals surface area contributed by atoms with Gasteiger partial charge < -0.3 is 4.74 Å². The first-order chi connectivity index (χ1) is 10.8. The Hall–Kier alpha value is -1.93. The Morgan fingerprint density at radius 3 is 2.09 bits per heavy atom. The first-order valence-electron chi connectivity index (χ1n) is 6.33. The van der Waals surface area contributed by atoms with Gasteiger partial charge in [-0.2, -0.15) is 8.78 Å². The van der Waals surface area contributed by atoms with Crippen LogP contribution in [0.15, 0.2) is 58.3 Å². The Balaban J connectivity index is 2.14. The van der Waals surface area contributed by atoms with E-state index in [0.717, 1.165) is 29.2 Å². The van der Waals surface area contributed by atoms with Gasteiger partial charge in [-0.25, -0.2) is 13.2 Å². The number of esters is 1. The highest BCUT2D eigenvalue weighted by Crippen LogP contribution is 2.21. The standard InChI is InChI=1S/C15H12F2O4S2/c1-22-12-6-4-11(5-7-12)21-14(18)10-2-8-13(9-3-10)23(19,20)15(16)17/h2-9,15H,1H3. The van der Waals surface area contributed by atoms with E-state index < -0.39 is 26.5 Å². The molecule has 0 aromatic heterocycles. The molecule has 0 bridgehead atoms. The van der Waals surface area contributed by atoms with E-state index in [0.29, 0.717) is 5.75 Å². The number of ether oxygens (including phenoxy) is 1. The number of benzene rings is 2. The number of rotatable bonds is 5. The first-order valence-corrected chi connectivity index (χ1v) is 9.10. The summed E-state index contributed by atoms with van der Waals surface area (Å²) in [4.78, 5) is 12.4. The van der Waals surface area contributed by atoms with Crippen molar-refractivity contribution in [3.05, 3.63) is 54.1 Å². The summed E-state index contributed by atoms with van der Waals surface area (Å²) >= 11 is 1.54. The van der Waals surface area contributed by atoms with E-state index >= 15 is 0 Å². The smallest absolute Gasteiger partial charge is 0.343 e. The fourth-order valence-corrected chi connectivity index (χ4v) is 2.82. The summed E-state index contributed by atoms with van der Waals surface area (Å²) in [6, 6.07) is 11.0. The van der Waals surface area contributed by atoms with Gasteiger partial charge in [0.2, 0.25) is 9.84 Å². The Kier molecular flexibility index (Phi) is 5.38. The monoisotopic (exact) mass is 358 g/mol. The number of sulfone groups is 1. The molecular formula is C15H12F2O4S2. The third-order valence-corrected chi connectivity index (χ3v) is 5.07. The third kappa shape index (κ3) is 4.08. The van der Waals surface area contributed by atoms with Crippen molar-refractivity contribution in [2.24, 2.45) is 0 Å². The number of carbonyl (C=O) groups is 1. The maximum absolute atomic E-state index is 12.4. The van der Waals surface area contributed by atoms with Gasteiger partial charge in [-0.15, -0.1) is 11.8 Å². The minimum atomic E-state index is -4.67. The van der Waals surface area contributed by atoms with Gasteiger partial charge >= 0.3 is 11.7 Å². The van der Waals surface area contributed by atoms with Gasteiger partial charge in [0.15, 0.2) is 0 Å². The van der Waals surface area contributed by atoms with Crippen molar-refractivity contribution in [3.63, 3.8) is 0 Å². The number of halogens is 2. The van der Waals surface area contributed by atoms with E-state index in [9.17, 15) is 22.0 Å². The van der Waals surface area contributed by atoms with E-state index in [-0.39, 0.29) is 5.56 Å². The third-order valence-electron chi connectivity index (χ3n) is 2.92. The van der Waals surface area contributed by atoms with Crippen LogP contribution in [0.5, 0.6) is 5.75 Å². The van der Waals surface area contributed by atoms with Crippen LogP contribution in [0.3, 0.4) is 0 Å². The lowest BCUT2D eigenvalue weighted by Crippen LogP contribution is -2.12. The van der Waals surface area contributed by atoms with Crippen LogP contribution in [-0.2, 0) is 9.84 Å². The summed E-state index contributed by atoms with van der Waals surface area (Å²) in [5.74, 6) is -3.88. The molecule has 2 aromatic rings. The van der Waals surface area contributed by atoms with Gasteiger partial charge in [-0.05, 0) is 54.8 Å². The maximum Gasteiger partial charge on any atom is 0.343 e. The summed E-state index contributed by atoms with van der Waals surface area (Å²) < 4.78 is 52.6. The van der Waals surface area contributed by atoms with Crippen molar-refractivity contribution in [1.29, 1.82) is 0 Å². The van der Waals surface area contributed by atoms with Crippen LogP contribution in [0, 0.1) is 0 Å². The highest BCUT2D eigenvalue weighted by atomic mass is 32.2. The predicted molar refractivity (Wildman–Crippen MR) is 82.8 cm³/mol. The largest absolute Gasteiger partial charge is 0.423 e. The molecule has 0 N–H and O–H groups in total. The van der Waals surface area contributed by atoms with Crippen LogP contribution in [0.1, 0.15) is 10.4 Å². The van der Waals surface area contributed by atoms with Crippen LogP contribution in [-0.4, -0.2) is 26.4 Å². The molecule has 0 aliphatic rings. The van der Waals surface area contributed by atoms with Gasteiger partial charge in [0.1, 0.15) is 5.75 Å². The molecule has 2 aromatic carbocycles. The number of carbonyl (C=O) groups excluding carboxylic acids is 1. The van der Waals surface area contributed by atoms with Crippen LogP contribution >= 0.6 is 11.8 Å². The Morgan fingerprint density at radius 1 is 1.04 bits per heavy atom. The molecular weight excluding hydrogens is 346 g/mol. The van der Waals surface area contributed by atoms with Crippen molar-refractivity contribution in [1.82, 2.24) is 0 Å². The molecule has 0 aliphatic carbocycles. The van der Waals surface area contributed by atoms with Crippen molar-refractivity contribution >= 4 is 27.6 Å². The molecule has 0 saturated heterocycles. The van der Waals surface area contributed by atoms with Gasteiger partial charge in [0, 0.05) is 4.90 Å². The van der Waals surface area contributed by atoms with Crippen LogP contribution < -0.4 is 4.74 Å². The molecule has 2 rings (SSSR count). The van der Waals surface area contributed by atoms with E-state index in [1.807, 2.05) is 6.26 Å². The molecule has 122 valence electrons.